The molecular formula is C15H24N4O2. The maximum Gasteiger partial charge on any atom is 0.240 e. The molecule has 0 aromatic carbocycles. The third-order valence-electron chi connectivity index (χ3n) is 4.98. The van der Waals surface area contributed by atoms with Crippen molar-refractivity contribution in [3.8, 4) is 0 Å². The third kappa shape index (κ3) is 3.10. The fraction of sp³-hybridized carbons (Fsp3) is 0.800. The van der Waals surface area contributed by atoms with Crippen molar-refractivity contribution in [3.05, 3.63) is 11.7 Å². The summed E-state index contributed by atoms with van der Waals surface area (Å²) < 4.78 is 5.20. The standard InChI is InChI=1S/C15H24N4O2/c1-3-19-11-15(5-4-14(19)20)6-8-18(9-7-15)10-13-16-12(2)17-21-13/h3-11H2,1-2H3. The van der Waals surface area contributed by atoms with Crippen LogP contribution in [0.3, 0.4) is 0 Å². The van der Waals surface area contributed by atoms with E-state index in [0.717, 1.165) is 58.4 Å². The zero-order valence-electron chi connectivity index (χ0n) is 13.0. The number of hydrogen-bond acceptors (Lipinski definition) is 5. The summed E-state index contributed by atoms with van der Waals surface area (Å²) >= 11 is 0. The van der Waals surface area contributed by atoms with Gasteiger partial charge in [-0.05, 0) is 51.6 Å². The molecule has 0 saturated carbocycles. The fourth-order valence-electron chi connectivity index (χ4n) is 3.58. The maximum absolute atomic E-state index is 11.8. The van der Waals surface area contributed by atoms with Crippen molar-refractivity contribution in [2.24, 2.45) is 5.41 Å². The maximum atomic E-state index is 11.8. The van der Waals surface area contributed by atoms with Crippen LogP contribution in [0, 0.1) is 12.3 Å². The van der Waals surface area contributed by atoms with Gasteiger partial charge < -0.3 is 9.42 Å². The molecule has 0 bridgehead atoms. The Balaban J connectivity index is 1.56. The van der Waals surface area contributed by atoms with E-state index in [2.05, 4.69) is 22.0 Å². The van der Waals surface area contributed by atoms with Gasteiger partial charge in [-0.15, -0.1) is 0 Å². The Morgan fingerprint density at radius 1 is 1.29 bits per heavy atom. The summed E-state index contributed by atoms with van der Waals surface area (Å²) in [4.78, 5) is 20.5. The number of likely N-dealkylation sites (tertiary alicyclic amines) is 2. The van der Waals surface area contributed by atoms with E-state index in [1.807, 2.05) is 11.8 Å². The number of carbonyl (C=O) groups is 1. The van der Waals surface area contributed by atoms with Crippen molar-refractivity contribution in [2.45, 2.75) is 46.1 Å². The average Bonchev–Trinajstić information content (AvgIpc) is 2.90. The Kier molecular flexibility index (Phi) is 3.97. The molecule has 6 heteroatoms. The highest BCUT2D eigenvalue weighted by atomic mass is 16.5. The first-order valence-corrected chi connectivity index (χ1v) is 7.89. The molecule has 3 rings (SSSR count). The number of nitrogens with zero attached hydrogens (tertiary/aromatic N) is 4. The topological polar surface area (TPSA) is 62.5 Å². The predicted molar refractivity (Wildman–Crippen MR) is 77.5 cm³/mol. The second-order valence-electron chi connectivity index (χ2n) is 6.42. The summed E-state index contributed by atoms with van der Waals surface area (Å²) in [5, 5.41) is 3.84. The summed E-state index contributed by atoms with van der Waals surface area (Å²) in [6.07, 6.45) is 4.08. The molecule has 21 heavy (non-hydrogen) atoms. The SMILES string of the molecule is CCN1CC2(CCC1=O)CCN(Cc1nc(C)no1)CC2. The van der Waals surface area contributed by atoms with Gasteiger partial charge in [0.25, 0.3) is 0 Å². The molecule has 1 spiro atoms. The molecule has 2 aliphatic heterocycles. The van der Waals surface area contributed by atoms with Crippen LogP contribution in [0.2, 0.25) is 0 Å². The van der Waals surface area contributed by atoms with Crippen LogP contribution in [0.15, 0.2) is 4.52 Å². The highest BCUT2D eigenvalue weighted by Crippen LogP contribution is 2.40. The first kappa shape index (κ1) is 14.5. The van der Waals surface area contributed by atoms with Crippen molar-refractivity contribution in [1.82, 2.24) is 19.9 Å². The van der Waals surface area contributed by atoms with Crippen LogP contribution in [-0.4, -0.2) is 52.0 Å². The van der Waals surface area contributed by atoms with Crippen LogP contribution in [0.25, 0.3) is 0 Å². The Hall–Kier alpha value is -1.43. The minimum absolute atomic E-state index is 0.326. The van der Waals surface area contributed by atoms with Crippen LogP contribution in [-0.2, 0) is 11.3 Å². The minimum atomic E-state index is 0.326. The van der Waals surface area contributed by atoms with Gasteiger partial charge in [0.1, 0.15) is 0 Å². The van der Waals surface area contributed by atoms with Crippen molar-refractivity contribution in [1.29, 1.82) is 0 Å². The molecule has 0 radical (unpaired) electrons. The van der Waals surface area contributed by atoms with Gasteiger partial charge in [-0.2, -0.15) is 4.98 Å². The number of amides is 1. The van der Waals surface area contributed by atoms with E-state index in [0.29, 0.717) is 23.0 Å². The van der Waals surface area contributed by atoms with Crippen LogP contribution >= 0.6 is 0 Å². The second kappa shape index (κ2) is 5.75. The molecule has 0 N–H and O–H groups in total. The van der Waals surface area contributed by atoms with Gasteiger partial charge in [0, 0.05) is 19.5 Å². The van der Waals surface area contributed by atoms with Gasteiger partial charge >= 0.3 is 0 Å². The summed E-state index contributed by atoms with van der Waals surface area (Å²) in [7, 11) is 0. The zero-order chi connectivity index (χ0) is 14.9. The molecule has 2 fully saturated rings. The molecular weight excluding hydrogens is 268 g/mol. The molecule has 0 aliphatic carbocycles. The van der Waals surface area contributed by atoms with Gasteiger partial charge in [-0.25, -0.2) is 0 Å². The number of aromatic nitrogens is 2. The van der Waals surface area contributed by atoms with E-state index in [4.69, 9.17) is 4.52 Å². The van der Waals surface area contributed by atoms with E-state index in [1.165, 1.54) is 0 Å². The monoisotopic (exact) mass is 292 g/mol. The third-order valence-corrected chi connectivity index (χ3v) is 4.98. The smallest absolute Gasteiger partial charge is 0.240 e. The summed E-state index contributed by atoms with van der Waals surface area (Å²) in [6, 6.07) is 0. The Labute approximate surface area is 125 Å². The number of rotatable bonds is 3. The van der Waals surface area contributed by atoms with Gasteiger partial charge in [0.2, 0.25) is 11.8 Å². The summed E-state index contributed by atoms with van der Waals surface area (Å²) in [6.45, 7) is 8.54. The zero-order valence-corrected chi connectivity index (χ0v) is 13.0. The summed E-state index contributed by atoms with van der Waals surface area (Å²) in [5.41, 5.74) is 0.338. The van der Waals surface area contributed by atoms with E-state index in [1.54, 1.807) is 0 Å². The quantitative estimate of drug-likeness (QED) is 0.847. The largest absolute Gasteiger partial charge is 0.342 e. The number of hydrogen-bond donors (Lipinski definition) is 0. The van der Waals surface area contributed by atoms with Crippen LogP contribution in [0.1, 0.15) is 44.3 Å². The highest BCUT2D eigenvalue weighted by Gasteiger charge is 2.40. The number of carbonyl (C=O) groups excluding carboxylic acids is 1. The van der Waals surface area contributed by atoms with Crippen molar-refractivity contribution in [2.75, 3.05) is 26.2 Å². The lowest BCUT2D eigenvalue weighted by Crippen LogP contribution is -2.51. The van der Waals surface area contributed by atoms with E-state index in [9.17, 15) is 4.79 Å². The van der Waals surface area contributed by atoms with Gasteiger partial charge in [-0.1, -0.05) is 5.16 Å². The molecule has 1 aromatic heterocycles. The van der Waals surface area contributed by atoms with Crippen molar-refractivity contribution >= 4 is 5.91 Å². The Bertz CT molecular complexity index is 506. The lowest BCUT2D eigenvalue weighted by molar-refractivity contribution is -0.138. The lowest BCUT2D eigenvalue weighted by atomic mass is 9.72. The molecule has 1 amide bonds. The molecule has 3 heterocycles. The molecule has 116 valence electrons. The molecule has 2 aliphatic rings. The first-order chi connectivity index (χ1) is 10.1. The number of piperidine rings is 2. The van der Waals surface area contributed by atoms with Crippen molar-refractivity contribution < 1.29 is 9.32 Å². The molecule has 0 unspecified atom stereocenters. The Morgan fingerprint density at radius 2 is 2.05 bits per heavy atom. The van der Waals surface area contributed by atoms with E-state index in [-0.39, 0.29) is 0 Å². The van der Waals surface area contributed by atoms with Crippen LogP contribution < -0.4 is 0 Å². The van der Waals surface area contributed by atoms with Gasteiger partial charge in [0.05, 0.1) is 6.54 Å². The van der Waals surface area contributed by atoms with Crippen molar-refractivity contribution in [3.63, 3.8) is 0 Å². The lowest BCUT2D eigenvalue weighted by Gasteiger charge is -2.47. The molecule has 0 atom stereocenters. The highest BCUT2D eigenvalue weighted by molar-refractivity contribution is 5.77. The minimum Gasteiger partial charge on any atom is -0.342 e. The van der Waals surface area contributed by atoms with Gasteiger partial charge in [0.15, 0.2) is 5.82 Å². The normalized spacial score (nSPS) is 23.0. The van der Waals surface area contributed by atoms with E-state index < -0.39 is 0 Å². The van der Waals surface area contributed by atoms with E-state index >= 15 is 0 Å². The second-order valence-corrected chi connectivity index (χ2v) is 6.42. The Morgan fingerprint density at radius 3 is 2.67 bits per heavy atom. The van der Waals surface area contributed by atoms with Crippen LogP contribution in [0.5, 0.6) is 0 Å². The fourth-order valence-corrected chi connectivity index (χ4v) is 3.58. The first-order valence-electron chi connectivity index (χ1n) is 7.89. The molecule has 6 nitrogen and oxygen atoms in total. The summed E-state index contributed by atoms with van der Waals surface area (Å²) in [5.74, 6) is 1.73. The average molecular weight is 292 g/mol. The van der Waals surface area contributed by atoms with Crippen LogP contribution in [0.4, 0.5) is 0 Å². The molecule has 1 aromatic rings. The van der Waals surface area contributed by atoms with Gasteiger partial charge in [-0.3, -0.25) is 9.69 Å². The molecule has 2 saturated heterocycles. The predicted octanol–water partition coefficient (Wildman–Crippen LogP) is 1.60. The number of aryl methyl sites for hydroxylation is 1.